The monoisotopic (exact) mass is 546 g/mol. The molecule has 0 bridgehead atoms. The van der Waals surface area contributed by atoms with Gasteiger partial charge < -0.3 is 24.1 Å². The molecule has 206 valence electrons. The van der Waals surface area contributed by atoms with Gasteiger partial charge in [-0.1, -0.05) is 48.5 Å². The average molecular weight is 547 g/mol. The predicted octanol–water partition coefficient (Wildman–Crippen LogP) is 1.97. The van der Waals surface area contributed by atoms with Crippen LogP contribution < -0.4 is 5.43 Å². The summed E-state index contributed by atoms with van der Waals surface area (Å²) in [5.74, 6) is -2.67. The van der Waals surface area contributed by atoms with Gasteiger partial charge in [0, 0.05) is 7.11 Å². The topological polar surface area (TPSA) is 141 Å². The summed E-state index contributed by atoms with van der Waals surface area (Å²) in [6, 6.07) is 21.4. The van der Waals surface area contributed by atoms with Crippen molar-refractivity contribution in [3.63, 3.8) is 0 Å². The number of hydrogen-bond acceptors (Lipinski definition) is 10. The molecule has 2 aliphatic heterocycles. The van der Waals surface area contributed by atoms with Crippen molar-refractivity contribution < 1.29 is 43.2 Å². The largest absolute Gasteiger partial charge is 0.459 e. The number of hydrazine groups is 1. The van der Waals surface area contributed by atoms with E-state index in [1.54, 1.807) is 60.7 Å². The summed E-state index contributed by atoms with van der Waals surface area (Å²) in [5.41, 5.74) is 3.64. The molecule has 0 spiro atoms. The van der Waals surface area contributed by atoms with Crippen molar-refractivity contribution in [1.82, 2.24) is 10.4 Å². The Bertz CT molecular complexity index is 1360. The van der Waals surface area contributed by atoms with Gasteiger partial charge in [0.15, 0.2) is 12.4 Å². The minimum absolute atomic E-state index is 0.190. The van der Waals surface area contributed by atoms with Crippen LogP contribution in [0.25, 0.3) is 0 Å². The van der Waals surface area contributed by atoms with Crippen LogP contribution in [0.4, 0.5) is 0 Å². The Balaban J connectivity index is 1.39. The van der Waals surface area contributed by atoms with Gasteiger partial charge in [-0.05, 0) is 36.4 Å². The van der Waals surface area contributed by atoms with Gasteiger partial charge in [0.1, 0.15) is 24.9 Å². The Hall–Kier alpha value is -4.42. The number of aliphatic hydroxyl groups is 1. The van der Waals surface area contributed by atoms with Crippen LogP contribution in [0.3, 0.4) is 0 Å². The normalized spacial score (nSPS) is 23.9. The fraction of sp³-hybridized carbons (Fsp3) is 0.241. The average Bonchev–Trinajstić information content (AvgIpc) is 3.23. The van der Waals surface area contributed by atoms with Gasteiger partial charge in [-0.2, -0.15) is 0 Å². The first-order chi connectivity index (χ1) is 19.4. The van der Waals surface area contributed by atoms with Crippen molar-refractivity contribution in [1.29, 1.82) is 0 Å². The fourth-order valence-electron chi connectivity index (χ4n) is 4.57. The molecule has 2 N–H and O–H groups in total. The molecule has 2 heterocycles. The number of hydrogen-bond donors (Lipinski definition) is 2. The number of imide groups is 1. The molecule has 1 fully saturated rings. The number of rotatable bonds is 8. The number of esters is 2. The summed E-state index contributed by atoms with van der Waals surface area (Å²) >= 11 is 0. The van der Waals surface area contributed by atoms with Crippen molar-refractivity contribution in [2.75, 3.05) is 13.7 Å². The molecule has 0 unspecified atom stereocenters. The number of ether oxygens (including phenoxy) is 4. The molecule has 0 aromatic heterocycles. The van der Waals surface area contributed by atoms with E-state index in [1.165, 1.54) is 31.4 Å². The van der Waals surface area contributed by atoms with Crippen LogP contribution in [0.5, 0.6) is 0 Å². The molecular formula is C29H26N2O9. The van der Waals surface area contributed by atoms with Gasteiger partial charge >= 0.3 is 11.9 Å². The maximum absolute atomic E-state index is 13.0. The lowest BCUT2D eigenvalue weighted by Gasteiger charge is -2.44. The van der Waals surface area contributed by atoms with Crippen molar-refractivity contribution in [3.05, 3.63) is 107 Å². The Morgan fingerprint density at radius 3 is 1.93 bits per heavy atom. The first kappa shape index (κ1) is 27.2. The minimum Gasteiger partial charge on any atom is -0.459 e. The van der Waals surface area contributed by atoms with Crippen LogP contribution in [0.15, 0.2) is 84.9 Å². The lowest BCUT2D eigenvalue weighted by Crippen LogP contribution is -2.68. The van der Waals surface area contributed by atoms with Crippen LogP contribution in [0.2, 0.25) is 0 Å². The number of amides is 2. The number of benzene rings is 3. The third kappa shape index (κ3) is 5.36. The standard InChI is InChI=1S/C29H26N2O9/c1-37-29-22(30-31-25(33)19-14-8-9-15-20(19)26(31)34)24(40-28(36)18-12-6-3-7-13-18)23(32)21(39-29)16-38-27(35)17-10-4-2-5-11-17/h2-15,21-24,29-30,32H,16H2,1H3/t21-,22-,23+,24-,29-/m1/s1. The van der Waals surface area contributed by atoms with E-state index in [1.807, 2.05) is 0 Å². The van der Waals surface area contributed by atoms with Crippen molar-refractivity contribution >= 4 is 23.8 Å². The predicted molar refractivity (Wildman–Crippen MR) is 138 cm³/mol. The van der Waals surface area contributed by atoms with Crippen molar-refractivity contribution in [2.24, 2.45) is 0 Å². The van der Waals surface area contributed by atoms with Crippen molar-refractivity contribution in [2.45, 2.75) is 30.6 Å². The Morgan fingerprint density at radius 1 is 0.850 bits per heavy atom. The lowest BCUT2D eigenvalue weighted by molar-refractivity contribution is -0.266. The second kappa shape index (κ2) is 11.8. The first-order valence-corrected chi connectivity index (χ1v) is 12.5. The molecule has 0 radical (unpaired) electrons. The molecule has 0 saturated carbocycles. The van der Waals surface area contributed by atoms with Crippen LogP contribution in [-0.4, -0.2) is 78.2 Å². The molecule has 5 rings (SSSR count). The van der Waals surface area contributed by atoms with E-state index in [0.29, 0.717) is 5.56 Å². The summed E-state index contributed by atoms with van der Waals surface area (Å²) in [5, 5.41) is 12.1. The van der Waals surface area contributed by atoms with Gasteiger partial charge in [0.05, 0.1) is 22.3 Å². The zero-order chi connectivity index (χ0) is 28.2. The van der Waals surface area contributed by atoms with E-state index in [9.17, 15) is 24.3 Å². The number of nitrogens with one attached hydrogen (secondary N) is 1. The lowest BCUT2D eigenvalue weighted by atomic mass is 9.97. The van der Waals surface area contributed by atoms with E-state index in [-0.39, 0.29) is 16.7 Å². The Morgan fingerprint density at radius 2 is 1.38 bits per heavy atom. The molecule has 40 heavy (non-hydrogen) atoms. The quantitative estimate of drug-likeness (QED) is 0.318. The van der Waals surface area contributed by atoms with Crippen molar-refractivity contribution in [3.8, 4) is 0 Å². The summed E-state index contributed by atoms with van der Waals surface area (Å²) in [7, 11) is 1.31. The molecule has 2 aliphatic rings. The van der Waals surface area contributed by atoms with E-state index >= 15 is 0 Å². The smallest absolute Gasteiger partial charge is 0.338 e. The van der Waals surface area contributed by atoms with Gasteiger partial charge in [0.25, 0.3) is 11.8 Å². The highest BCUT2D eigenvalue weighted by Crippen LogP contribution is 2.28. The summed E-state index contributed by atoms with van der Waals surface area (Å²) in [4.78, 5) is 51.6. The zero-order valence-corrected chi connectivity index (χ0v) is 21.3. The highest BCUT2D eigenvalue weighted by atomic mass is 16.7. The van der Waals surface area contributed by atoms with E-state index < -0.39 is 61.0 Å². The molecule has 2 amide bonds. The molecule has 11 heteroatoms. The molecule has 3 aromatic rings. The third-order valence-electron chi connectivity index (χ3n) is 6.62. The number of aliphatic hydroxyl groups excluding tert-OH is 1. The number of carbonyl (C=O) groups is 4. The molecule has 11 nitrogen and oxygen atoms in total. The Kier molecular flexibility index (Phi) is 7.99. The summed E-state index contributed by atoms with van der Waals surface area (Å²) in [6.45, 7) is -0.395. The maximum atomic E-state index is 13.0. The number of carbonyl (C=O) groups excluding carboxylic acids is 4. The van der Waals surface area contributed by atoms with Gasteiger partial charge in [-0.15, -0.1) is 0 Å². The second-order valence-corrected chi connectivity index (χ2v) is 9.12. The van der Waals surface area contributed by atoms with Crippen LogP contribution in [-0.2, 0) is 18.9 Å². The molecule has 0 aliphatic carbocycles. The van der Waals surface area contributed by atoms with Gasteiger partial charge in [-0.25, -0.2) is 20.0 Å². The van der Waals surface area contributed by atoms with Crippen LogP contribution in [0.1, 0.15) is 41.4 Å². The highest BCUT2D eigenvalue weighted by Gasteiger charge is 2.51. The summed E-state index contributed by atoms with van der Waals surface area (Å²) in [6.07, 6.45) is -5.35. The molecule has 1 saturated heterocycles. The van der Waals surface area contributed by atoms with E-state index in [4.69, 9.17) is 18.9 Å². The van der Waals surface area contributed by atoms with E-state index in [2.05, 4.69) is 5.43 Å². The SMILES string of the molecule is CO[C@@H]1O[C@H](COC(=O)c2ccccc2)[C@H](O)[C@H](OC(=O)c2ccccc2)[C@H]1NN1C(=O)c2ccccc2C1=O. The fourth-order valence-corrected chi connectivity index (χ4v) is 4.57. The molecule has 3 aromatic carbocycles. The maximum Gasteiger partial charge on any atom is 0.338 e. The van der Waals surface area contributed by atoms with Gasteiger partial charge in [0.2, 0.25) is 0 Å². The Labute approximate surface area is 229 Å². The third-order valence-corrected chi connectivity index (χ3v) is 6.62. The summed E-state index contributed by atoms with van der Waals surface area (Å²) < 4.78 is 22.4. The first-order valence-electron chi connectivity index (χ1n) is 12.5. The highest BCUT2D eigenvalue weighted by molar-refractivity contribution is 6.21. The van der Waals surface area contributed by atoms with Crippen LogP contribution >= 0.6 is 0 Å². The minimum atomic E-state index is -1.55. The van der Waals surface area contributed by atoms with Crippen LogP contribution in [0, 0.1) is 0 Å². The second-order valence-electron chi connectivity index (χ2n) is 9.12. The molecule has 5 atom stereocenters. The number of methoxy groups -OCH3 is 1. The number of nitrogens with zero attached hydrogens (tertiary/aromatic N) is 1. The van der Waals surface area contributed by atoms with Gasteiger partial charge in [-0.3, -0.25) is 9.59 Å². The molecular weight excluding hydrogens is 520 g/mol. The zero-order valence-electron chi connectivity index (χ0n) is 21.3. The van der Waals surface area contributed by atoms with E-state index in [0.717, 1.165) is 5.01 Å². The number of fused-ring (bicyclic) bond motifs is 1.